The van der Waals surface area contributed by atoms with Gasteiger partial charge in [0.1, 0.15) is 5.75 Å². The molecule has 0 aliphatic heterocycles. The molecule has 0 saturated heterocycles. The Hall–Kier alpha value is -2.82. The van der Waals surface area contributed by atoms with Crippen molar-refractivity contribution in [1.82, 2.24) is 0 Å². The lowest BCUT2D eigenvalue weighted by Gasteiger charge is -2.07. The van der Waals surface area contributed by atoms with Gasteiger partial charge >= 0.3 is 5.97 Å². The van der Waals surface area contributed by atoms with Crippen molar-refractivity contribution in [3.63, 3.8) is 0 Å². The zero-order valence-electron chi connectivity index (χ0n) is 12.5. The van der Waals surface area contributed by atoms with Gasteiger partial charge in [-0.05, 0) is 42.0 Å². The SMILES string of the molecule is COC(=O)c1ccc(NC(=O)Cc2ccc(OC)cc2)cc1. The van der Waals surface area contributed by atoms with Crippen LogP contribution in [-0.4, -0.2) is 26.1 Å². The van der Waals surface area contributed by atoms with Gasteiger partial charge in [0.2, 0.25) is 5.91 Å². The number of carbonyl (C=O) groups excluding carboxylic acids is 2. The van der Waals surface area contributed by atoms with E-state index in [1.54, 1.807) is 31.4 Å². The number of nitrogens with one attached hydrogen (secondary N) is 1. The average Bonchev–Trinajstić information content (AvgIpc) is 2.55. The Morgan fingerprint density at radius 2 is 1.59 bits per heavy atom. The molecule has 0 heterocycles. The van der Waals surface area contributed by atoms with Crippen molar-refractivity contribution >= 4 is 17.6 Å². The number of carbonyl (C=O) groups is 2. The second-order valence-corrected chi connectivity index (χ2v) is 4.64. The number of rotatable bonds is 5. The van der Waals surface area contributed by atoms with Gasteiger partial charge in [-0.3, -0.25) is 4.79 Å². The highest BCUT2D eigenvalue weighted by molar-refractivity contribution is 5.94. The zero-order chi connectivity index (χ0) is 15.9. The lowest BCUT2D eigenvalue weighted by Crippen LogP contribution is -2.14. The third-order valence-corrected chi connectivity index (χ3v) is 3.11. The molecule has 114 valence electrons. The highest BCUT2D eigenvalue weighted by atomic mass is 16.5. The summed E-state index contributed by atoms with van der Waals surface area (Å²) in [5.74, 6) is 0.217. The Bertz CT molecular complexity index is 647. The lowest BCUT2D eigenvalue weighted by molar-refractivity contribution is -0.115. The molecule has 1 N–H and O–H groups in total. The Kier molecular flexibility index (Phi) is 5.14. The highest BCUT2D eigenvalue weighted by Gasteiger charge is 2.07. The number of hydrogen-bond acceptors (Lipinski definition) is 4. The Morgan fingerprint density at radius 3 is 2.14 bits per heavy atom. The van der Waals surface area contributed by atoms with Crippen LogP contribution in [0.5, 0.6) is 5.75 Å². The van der Waals surface area contributed by atoms with Crippen molar-refractivity contribution in [3.05, 3.63) is 59.7 Å². The van der Waals surface area contributed by atoms with E-state index in [2.05, 4.69) is 10.1 Å². The largest absolute Gasteiger partial charge is 0.497 e. The molecule has 0 aliphatic carbocycles. The molecule has 0 atom stereocenters. The predicted molar refractivity (Wildman–Crippen MR) is 83.1 cm³/mol. The molecule has 0 unspecified atom stereocenters. The minimum Gasteiger partial charge on any atom is -0.497 e. The van der Waals surface area contributed by atoms with Gasteiger partial charge < -0.3 is 14.8 Å². The van der Waals surface area contributed by atoms with Crippen LogP contribution in [0.3, 0.4) is 0 Å². The molecule has 2 aromatic carbocycles. The van der Waals surface area contributed by atoms with E-state index in [1.165, 1.54) is 7.11 Å². The van der Waals surface area contributed by atoms with E-state index in [4.69, 9.17) is 4.74 Å². The topological polar surface area (TPSA) is 64.6 Å². The summed E-state index contributed by atoms with van der Waals surface area (Å²) in [6.07, 6.45) is 0.267. The van der Waals surface area contributed by atoms with Crippen LogP contribution in [-0.2, 0) is 16.0 Å². The third kappa shape index (κ3) is 4.09. The van der Waals surface area contributed by atoms with E-state index in [0.29, 0.717) is 11.3 Å². The summed E-state index contributed by atoms with van der Waals surface area (Å²) < 4.78 is 9.69. The molecule has 0 spiro atoms. The van der Waals surface area contributed by atoms with E-state index in [1.807, 2.05) is 24.3 Å². The number of esters is 1. The van der Waals surface area contributed by atoms with Crippen LogP contribution in [0.2, 0.25) is 0 Å². The maximum absolute atomic E-state index is 12.0. The first-order chi connectivity index (χ1) is 10.6. The summed E-state index contributed by atoms with van der Waals surface area (Å²) in [5, 5.41) is 2.78. The van der Waals surface area contributed by atoms with Crippen molar-refractivity contribution in [2.24, 2.45) is 0 Å². The van der Waals surface area contributed by atoms with E-state index < -0.39 is 5.97 Å². The lowest BCUT2D eigenvalue weighted by atomic mass is 10.1. The van der Waals surface area contributed by atoms with Crippen LogP contribution in [0.15, 0.2) is 48.5 Å². The van der Waals surface area contributed by atoms with Gasteiger partial charge in [0.15, 0.2) is 0 Å². The molecule has 5 heteroatoms. The zero-order valence-corrected chi connectivity index (χ0v) is 12.5. The van der Waals surface area contributed by atoms with Crippen LogP contribution >= 0.6 is 0 Å². The number of benzene rings is 2. The van der Waals surface area contributed by atoms with Crippen molar-refractivity contribution in [3.8, 4) is 5.75 Å². The minimum absolute atomic E-state index is 0.129. The normalized spacial score (nSPS) is 9.91. The molecular formula is C17H17NO4. The monoisotopic (exact) mass is 299 g/mol. The van der Waals surface area contributed by atoms with Crippen molar-refractivity contribution < 1.29 is 19.1 Å². The van der Waals surface area contributed by atoms with Gasteiger partial charge in [0.25, 0.3) is 0 Å². The molecule has 0 fully saturated rings. The Labute approximate surface area is 128 Å². The van der Waals surface area contributed by atoms with Crippen molar-refractivity contribution in [1.29, 1.82) is 0 Å². The first kappa shape index (κ1) is 15.6. The summed E-state index contributed by atoms with van der Waals surface area (Å²) >= 11 is 0. The Morgan fingerprint density at radius 1 is 0.955 bits per heavy atom. The molecule has 2 aromatic rings. The summed E-state index contributed by atoms with van der Waals surface area (Å²) in [6.45, 7) is 0. The summed E-state index contributed by atoms with van der Waals surface area (Å²) in [6, 6.07) is 13.9. The van der Waals surface area contributed by atoms with Gasteiger partial charge in [0, 0.05) is 5.69 Å². The fourth-order valence-corrected chi connectivity index (χ4v) is 1.94. The number of anilines is 1. The van der Waals surface area contributed by atoms with Crippen LogP contribution in [0.25, 0.3) is 0 Å². The predicted octanol–water partition coefficient (Wildman–Crippen LogP) is 2.66. The molecular weight excluding hydrogens is 282 g/mol. The van der Waals surface area contributed by atoms with Crippen LogP contribution in [0.4, 0.5) is 5.69 Å². The second-order valence-electron chi connectivity index (χ2n) is 4.64. The number of amides is 1. The minimum atomic E-state index is -0.406. The van der Waals surface area contributed by atoms with E-state index in [9.17, 15) is 9.59 Å². The molecule has 2 rings (SSSR count). The number of ether oxygens (including phenoxy) is 2. The fraction of sp³-hybridized carbons (Fsp3) is 0.176. The second kappa shape index (κ2) is 7.26. The summed E-state index contributed by atoms with van der Waals surface area (Å²) in [4.78, 5) is 23.3. The van der Waals surface area contributed by atoms with Crippen LogP contribution < -0.4 is 10.1 Å². The molecule has 0 aliphatic rings. The highest BCUT2D eigenvalue weighted by Crippen LogP contribution is 2.14. The quantitative estimate of drug-likeness (QED) is 0.862. The molecule has 1 amide bonds. The van der Waals surface area contributed by atoms with Gasteiger partial charge in [-0.2, -0.15) is 0 Å². The van der Waals surface area contributed by atoms with E-state index >= 15 is 0 Å². The fourth-order valence-electron chi connectivity index (χ4n) is 1.94. The van der Waals surface area contributed by atoms with Crippen molar-refractivity contribution in [2.45, 2.75) is 6.42 Å². The van der Waals surface area contributed by atoms with Gasteiger partial charge in [-0.1, -0.05) is 12.1 Å². The smallest absolute Gasteiger partial charge is 0.337 e. The number of hydrogen-bond donors (Lipinski definition) is 1. The van der Waals surface area contributed by atoms with Gasteiger partial charge in [-0.25, -0.2) is 4.79 Å². The summed E-state index contributed by atoms with van der Waals surface area (Å²) in [5.41, 5.74) is 1.96. The Balaban J connectivity index is 1.94. The molecule has 22 heavy (non-hydrogen) atoms. The van der Waals surface area contributed by atoms with E-state index in [0.717, 1.165) is 11.3 Å². The standard InChI is InChI=1S/C17H17NO4/c1-21-15-9-3-12(4-10-15)11-16(19)18-14-7-5-13(6-8-14)17(20)22-2/h3-10H,11H2,1-2H3,(H,18,19). The molecule has 0 saturated carbocycles. The van der Waals surface area contributed by atoms with Gasteiger partial charge in [0.05, 0.1) is 26.2 Å². The maximum atomic E-state index is 12.0. The van der Waals surface area contributed by atoms with Gasteiger partial charge in [-0.15, -0.1) is 0 Å². The first-order valence-electron chi connectivity index (χ1n) is 6.73. The first-order valence-corrected chi connectivity index (χ1v) is 6.73. The van der Waals surface area contributed by atoms with Crippen LogP contribution in [0, 0.1) is 0 Å². The molecule has 5 nitrogen and oxygen atoms in total. The van der Waals surface area contributed by atoms with Crippen LogP contribution in [0.1, 0.15) is 15.9 Å². The van der Waals surface area contributed by atoms with Crippen molar-refractivity contribution in [2.75, 3.05) is 19.5 Å². The average molecular weight is 299 g/mol. The third-order valence-electron chi connectivity index (χ3n) is 3.11. The molecule has 0 radical (unpaired) electrons. The van der Waals surface area contributed by atoms with E-state index in [-0.39, 0.29) is 12.3 Å². The molecule has 0 aromatic heterocycles. The number of methoxy groups -OCH3 is 2. The molecule has 0 bridgehead atoms. The maximum Gasteiger partial charge on any atom is 0.337 e. The summed E-state index contributed by atoms with van der Waals surface area (Å²) in [7, 11) is 2.92.